The quantitative estimate of drug-likeness (QED) is 0.823. The second-order valence-electron chi connectivity index (χ2n) is 6.44. The SMILES string of the molecule is CN(C)S(=O)(=O)c1ccc(Cl)c(C(=O)N[C@H]2CCCC[C@@H]2C(F)(F)F)c1. The molecule has 0 aliphatic heterocycles. The fourth-order valence-corrected chi connectivity index (χ4v) is 4.12. The monoisotopic (exact) mass is 412 g/mol. The van der Waals surface area contributed by atoms with Gasteiger partial charge in [0, 0.05) is 20.1 Å². The van der Waals surface area contributed by atoms with Gasteiger partial charge in [-0.05, 0) is 31.0 Å². The molecule has 0 bridgehead atoms. The van der Waals surface area contributed by atoms with Crippen LogP contribution in [0.3, 0.4) is 0 Å². The van der Waals surface area contributed by atoms with Crippen LogP contribution >= 0.6 is 11.6 Å². The van der Waals surface area contributed by atoms with Gasteiger partial charge in [0.2, 0.25) is 10.0 Å². The number of sulfonamides is 1. The fraction of sp³-hybridized carbons (Fsp3) is 0.562. The maximum absolute atomic E-state index is 13.2. The van der Waals surface area contributed by atoms with Crippen LogP contribution in [0.4, 0.5) is 13.2 Å². The van der Waals surface area contributed by atoms with Gasteiger partial charge in [0.15, 0.2) is 0 Å². The smallest absolute Gasteiger partial charge is 0.349 e. The number of nitrogens with zero attached hydrogens (tertiary/aromatic N) is 1. The van der Waals surface area contributed by atoms with Crippen LogP contribution in [0.25, 0.3) is 0 Å². The summed E-state index contributed by atoms with van der Waals surface area (Å²) in [6, 6.07) is 2.52. The number of hydrogen-bond acceptors (Lipinski definition) is 3. The van der Waals surface area contributed by atoms with Gasteiger partial charge >= 0.3 is 6.18 Å². The molecule has 2 rings (SSSR count). The lowest BCUT2D eigenvalue weighted by Gasteiger charge is -2.33. The normalized spacial score (nSPS) is 21.7. The second-order valence-corrected chi connectivity index (χ2v) is 9.00. The van der Waals surface area contributed by atoms with E-state index in [1.807, 2.05) is 0 Å². The molecule has 0 radical (unpaired) electrons. The summed E-state index contributed by atoms with van der Waals surface area (Å²) >= 11 is 5.97. The van der Waals surface area contributed by atoms with Gasteiger partial charge in [-0.2, -0.15) is 13.2 Å². The van der Waals surface area contributed by atoms with Gasteiger partial charge in [-0.15, -0.1) is 0 Å². The molecule has 0 saturated heterocycles. The van der Waals surface area contributed by atoms with Crippen LogP contribution in [0.5, 0.6) is 0 Å². The third-order valence-corrected chi connectivity index (χ3v) is 6.60. The molecule has 2 atom stereocenters. The van der Waals surface area contributed by atoms with Crippen molar-refractivity contribution in [2.24, 2.45) is 5.92 Å². The highest BCUT2D eigenvalue weighted by atomic mass is 35.5. The molecule has 1 fully saturated rings. The Labute approximate surface area is 155 Å². The van der Waals surface area contributed by atoms with Gasteiger partial charge in [0.05, 0.1) is 21.4 Å². The fourth-order valence-electron chi connectivity index (χ4n) is 2.99. The zero-order valence-corrected chi connectivity index (χ0v) is 15.9. The van der Waals surface area contributed by atoms with Crippen molar-refractivity contribution >= 4 is 27.5 Å². The van der Waals surface area contributed by atoms with E-state index in [0.717, 1.165) is 10.4 Å². The minimum Gasteiger partial charge on any atom is -0.349 e. The van der Waals surface area contributed by atoms with Crippen molar-refractivity contribution in [1.29, 1.82) is 0 Å². The molecule has 0 spiro atoms. The van der Waals surface area contributed by atoms with Gasteiger partial charge in [-0.3, -0.25) is 4.79 Å². The summed E-state index contributed by atoms with van der Waals surface area (Å²) in [5.41, 5.74) is -0.166. The predicted octanol–water partition coefficient (Wildman–Crippen LogP) is 3.44. The zero-order valence-electron chi connectivity index (χ0n) is 14.3. The standard InChI is InChI=1S/C16H20ClF3N2O3S/c1-22(2)26(24,25)10-7-8-13(17)11(9-10)15(23)21-14-6-4-3-5-12(14)16(18,19)20/h7-9,12,14H,3-6H2,1-2H3,(H,21,23)/t12-,14-/m0/s1. The van der Waals surface area contributed by atoms with E-state index < -0.39 is 34.1 Å². The first-order valence-electron chi connectivity index (χ1n) is 8.04. The molecule has 1 aliphatic rings. The lowest BCUT2D eigenvalue weighted by atomic mass is 9.84. The number of halogens is 4. The molecular formula is C16H20ClF3N2O3S. The van der Waals surface area contributed by atoms with Gasteiger partial charge in [0.25, 0.3) is 5.91 Å². The van der Waals surface area contributed by atoms with Gasteiger partial charge in [-0.1, -0.05) is 24.4 Å². The number of nitrogens with one attached hydrogen (secondary N) is 1. The van der Waals surface area contributed by atoms with E-state index in [1.165, 1.54) is 26.2 Å². The van der Waals surface area contributed by atoms with Crippen LogP contribution in [-0.2, 0) is 10.0 Å². The predicted molar refractivity (Wildman–Crippen MR) is 91.6 cm³/mol. The summed E-state index contributed by atoms with van der Waals surface area (Å²) in [5, 5.41) is 2.36. The van der Waals surface area contributed by atoms with Crippen LogP contribution in [0, 0.1) is 5.92 Å². The van der Waals surface area contributed by atoms with Crippen molar-refractivity contribution in [2.75, 3.05) is 14.1 Å². The maximum atomic E-state index is 13.2. The average Bonchev–Trinajstić information content (AvgIpc) is 2.54. The van der Waals surface area contributed by atoms with Crippen molar-refractivity contribution in [3.05, 3.63) is 28.8 Å². The number of hydrogen-bond donors (Lipinski definition) is 1. The number of carbonyl (C=O) groups excluding carboxylic acids is 1. The highest BCUT2D eigenvalue weighted by Crippen LogP contribution is 2.38. The number of rotatable bonds is 4. The Kier molecular flexibility index (Phi) is 6.24. The summed E-state index contributed by atoms with van der Waals surface area (Å²) in [6.45, 7) is 0. The zero-order chi connectivity index (χ0) is 19.7. The molecule has 5 nitrogen and oxygen atoms in total. The molecule has 146 valence electrons. The third-order valence-electron chi connectivity index (χ3n) is 4.46. The molecule has 1 amide bonds. The first-order chi connectivity index (χ1) is 11.9. The average molecular weight is 413 g/mol. The first-order valence-corrected chi connectivity index (χ1v) is 9.86. The van der Waals surface area contributed by atoms with E-state index in [1.54, 1.807) is 0 Å². The Balaban J connectivity index is 2.29. The van der Waals surface area contributed by atoms with E-state index in [-0.39, 0.29) is 28.3 Å². The van der Waals surface area contributed by atoms with Crippen LogP contribution < -0.4 is 5.32 Å². The van der Waals surface area contributed by atoms with Crippen molar-refractivity contribution in [2.45, 2.75) is 42.8 Å². The molecular weight excluding hydrogens is 393 g/mol. The molecule has 1 aliphatic carbocycles. The molecule has 1 N–H and O–H groups in total. The molecule has 0 heterocycles. The minimum atomic E-state index is -4.40. The van der Waals surface area contributed by atoms with Crippen LogP contribution in [-0.4, -0.2) is 44.9 Å². The summed E-state index contributed by atoms with van der Waals surface area (Å²) in [5.74, 6) is -2.43. The van der Waals surface area contributed by atoms with E-state index in [4.69, 9.17) is 11.6 Å². The molecule has 0 unspecified atom stereocenters. The highest BCUT2D eigenvalue weighted by Gasteiger charge is 2.46. The summed E-state index contributed by atoms with van der Waals surface area (Å²) in [6.07, 6.45) is -3.20. The molecule has 1 saturated carbocycles. The third kappa shape index (κ3) is 4.50. The van der Waals surface area contributed by atoms with Crippen molar-refractivity contribution in [1.82, 2.24) is 9.62 Å². The Bertz CT molecular complexity index is 781. The van der Waals surface area contributed by atoms with E-state index >= 15 is 0 Å². The lowest BCUT2D eigenvalue weighted by molar-refractivity contribution is -0.187. The molecule has 26 heavy (non-hydrogen) atoms. The summed E-state index contributed by atoms with van der Waals surface area (Å²) in [4.78, 5) is 12.3. The van der Waals surface area contributed by atoms with Gasteiger partial charge in [-0.25, -0.2) is 12.7 Å². The van der Waals surface area contributed by atoms with Crippen molar-refractivity contribution in [3.63, 3.8) is 0 Å². The Morgan fingerprint density at radius 1 is 1.23 bits per heavy atom. The van der Waals surface area contributed by atoms with E-state index in [0.29, 0.717) is 12.8 Å². The Morgan fingerprint density at radius 2 is 1.85 bits per heavy atom. The van der Waals surface area contributed by atoms with Crippen LogP contribution in [0.2, 0.25) is 5.02 Å². The van der Waals surface area contributed by atoms with Gasteiger partial charge in [0.1, 0.15) is 0 Å². The number of benzene rings is 1. The van der Waals surface area contributed by atoms with Crippen LogP contribution in [0.1, 0.15) is 36.0 Å². The van der Waals surface area contributed by atoms with Crippen molar-refractivity contribution in [3.8, 4) is 0 Å². The van der Waals surface area contributed by atoms with Gasteiger partial charge < -0.3 is 5.32 Å². The molecule has 10 heteroatoms. The number of alkyl halides is 3. The Hall–Kier alpha value is -1.32. The Morgan fingerprint density at radius 3 is 2.42 bits per heavy atom. The molecule has 0 aromatic heterocycles. The summed E-state index contributed by atoms with van der Waals surface area (Å²) in [7, 11) is -1.14. The lowest BCUT2D eigenvalue weighted by Crippen LogP contribution is -2.47. The van der Waals surface area contributed by atoms with E-state index in [2.05, 4.69) is 5.32 Å². The molecule has 1 aromatic rings. The minimum absolute atomic E-state index is 0.0282. The highest BCUT2D eigenvalue weighted by molar-refractivity contribution is 7.89. The van der Waals surface area contributed by atoms with E-state index in [9.17, 15) is 26.4 Å². The topological polar surface area (TPSA) is 66.5 Å². The number of amides is 1. The molecule has 1 aromatic carbocycles. The van der Waals surface area contributed by atoms with Crippen molar-refractivity contribution < 1.29 is 26.4 Å². The first kappa shape index (κ1) is 21.0. The number of carbonyl (C=O) groups is 1. The van der Waals surface area contributed by atoms with Crippen LogP contribution in [0.15, 0.2) is 23.1 Å². The maximum Gasteiger partial charge on any atom is 0.393 e. The second kappa shape index (κ2) is 7.74. The largest absolute Gasteiger partial charge is 0.393 e. The summed E-state index contributed by atoms with van der Waals surface area (Å²) < 4.78 is 64.9.